The van der Waals surface area contributed by atoms with Crippen molar-refractivity contribution in [3.05, 3.63) is 71.7 Å². The van der Waals surface area contributed by atoms with Crippen molar-refractivity contribution in [2.24, 2.45) is 0 Å². The molecule has 1 fully saturated rings. The third-order valence-corrected chi connectivity index (χ3v) is 6.73. The van der Waals surface area contributed by atoms with Gasteiger partial charge in [0.25, 0.3) is 11.8 Å². The van der Waals surface area contributed by atoms with Crippen LogP contribution in [0.1, 0.15) is 26.3 Å². The molecular weight excluding hydrogens is 442 g/mol. The second-order valence-corrected chi connectivity index (χ2v) is 9.03. The van der Waals surface area contributed by atoms with Crippen LogP contribution in [0.2, 0.25) is 0 Å². The molecule has 4 aromatic rings. The summed E-state index contributed by atoms with van der Waals surface area (Å²) in [6.45, 7) is 4.43. The largest absolute Gasteiger partial charge is 0.354 e. The zero-order valence-electron chi connectivity index (χ0n) is 19.3. The minimum atomic E-state index is -0.246. The van der Waals surface area contributed by atoms with Crippen molar-refractivity contribution in [3.63, 3.8) is 0 Å². The van der Waals surface area contributed by atoms with Gasteiger partial charge in [-0.2, -0.15) is 0 Å². The molecule has 5 heterocycles. The number of piperazine rings is 1. The van der Waals surface area contributed by atoms with Crippen molar-refractivity contribution in [1.82, 2.24) is 25.2 Å². The van der Waals surface area contributed by atoms with Gasteiger partial charge in [0, 0.05) is 61.6 Å². The Morgan fingerprint density at radius 3 is 2.66 bits per heavy atom. The van der Waals surface area contributed by atoms with Crippen LogP contribution in [0.3, 0.4) is 0 Å². The third kappa shape index (κ3) is 4.00. The van der Waals surface area contributed by atoms with Crippen LogP contribution in [0.5, 0.6) is 0 Å². The Kier molecular flexibility index (Phi) is 5.18. The molecule has 9 nitrogen and oxygen atoms in total. The van der Waals surface area contributed by atoms with Crippen LogP contribution < -0.4 is 15.5 Å². The van der Waals surface area contributed by atoms with Gasteiger partial charge in [0.05, 0.1) is 17.4 Å². The Bertz CT molecular complexity index is 1440. The Morgan fingerprint density at radius 2 is 1.86 bits per heavy atom. The maximum atomic E-state index is 13.0. The summed E-state index contributed by atoms with van der Waals surface area (Å²) < 4.78 is 0. The maximum Gasteiger partial charge on any atom is 0.257 e. The van der Waals surface area contributed by atoms with E-state index in [4.69, 9.17) is 0 Å². The lowest BCUT2D eigenvalue weighted by atomic mass is 10.00. The van der Waals surface area contributed by atoms with Crippen LogP contribution >= 0.6 is 0 Å². The zero-order chi connectivity index (χ0) is 23.9. The van der Waals surface area contributed by atoms with E-state index in [0.29, 0.717) is 29.0 Å². The molecule has 0 radical (unpaired) electrons. The number of likely N-dealkylation sites (N-methyl/N-ethyl adjacent to an activating group) is 1. The fourth-order valence-corrected chi connectivity index (χ4v) is 4.65. The Morgan fingerprint density at radius 1 is 1.00 bits per heavy atom. The standard InChI is InChI=1S/C26H25N7O2/c1-32-6-8-33(9-7-32)23-5-3-19(14-27-23)31-25(34)18-11-21-22(15-29-24(21)28-13-18)16-2-4-20-17(10-16)12-30-26(20)35/h2-5,10-11,13-15H,6-9,12H2,1H3,(H,28,29)(H,30,35)(H,31,34). The molecule has 0 aliphatic carbocycles. The summed E-state index contributed by atoms with van der Waals surface area (Å²) in [4.78, 5) is 41.6. The number of anilines is 2. The molecule has 2 amide bonds. The predicted octanol–water partition coefficient (Wildman–Crippen LogP) is 2.87. The monoisotopic (exact) mass is 467 g/mol. The highest BCUT2D eigenvalue weighted by Gasteiger charge is 2.20. The van der Waals surface area contributed by atoms with E-state index in [1.807, 2.05) is 42.6 Å². The Hall–Kier alpha value is -4.24. The highest BCUT2D eigenvalue weighted by Crippen LogP contribution is 2.31. The number of benzene rings is 1. The number of pyridine rings is 2. The number of nitrogens with zero attached hydrogens (tertiary/aromatic N) is 4. The smallest absolute Gasteiger partial charge is 0.257 e. The number of H-pyrrole nitrogens is 1. The average Bonchev–Trinajstić information content (AvgIpc) is 3.48. The number of aromatic amines is 1. The summed E-state index contributed by atoms with van der Waals surface area (Å²) in [5, 5.41) is 6.62. The topological polar surface area (TPSA) is 106 Å². The van der Waals surface area contributed by atoms with E-state index < -0.39 is 0 Å². The van der Waals surface area contributed by atoms with Crippen molar-refractivity contribution in [3.8, 4) is 11.1 Å². The summed E-state index contributed by atoms with van der Waals surface area (Å²) in [5.74, 6) is 0.629. The van der Waals surface area contributed by atoms with Crippen LogP contribution in [0.4, 0.5) is 11.5 Å². The lowest BCUT2D eigenvalue weighted by molar-refractivity contribution is 0.0964. The number of aromatic nitrogens is 3. The first-order chi connectivity index (χ1) is 17.0. The second kappa shape index (κ2) is 8.52. The molecule has 2 aliphatic rings. The van der Waals surface area contributed by atoms with Crippen LogP contribution in [0.25, 0.3) is 22.2 Å². The number of carbonyl (C=O) groups is 2. The van der Waals surface area contributed by atoms with Crippen LogP contribution in [-0.2, 0) is 6.54 Å². The van der Waals surface area contributed by atoms with Gasteiger partial charge in [0.2, 0.25) is 0 Å². The lowest BCUT2D eigenvalue weighted by Crippen LogP contribution is -2.44. The number of rotatable bonds is 4. The van der Waals surface area contributed by atoms with Crippen LogP contribution in [0, 0.1) is 0 Å². The van der Waals surface area contributed by atoms with E-state index >= 15 is 0 Å². The van der Waals surface area contributed by atoms with E-state index in [-0.39, 0.29) is 11.8 Å². The van der Waals surface area contributed by atoms with Gasteiger partial charge in [-0.3, -0.25) is 9.59 Å². The summed E-state index contributed by atoms with van der Waals surface area (Å²) in [7, 11) is 2.12. The van der Waals surface area contributed by atoms with E-state index in [9.17, 15) is 9.59 Å². The fraction of sp³-hybridized carbons (Fsp3) is 0.231. The molecule has 6 rings (SSSR count). The highest BCUT2D eigenvalue weighted by molar-refractivity contribution is 6.07. The molecule has 1 aromatic carbocycles. The minimum Gasteiger partial charge on any atom is -0.354 e. The minimum absolute atomic E-state index is 0.0443. The fourth-order valence-electron chi connectivity index (χ4n) is 4.65. The van der Waals surface area contributed by atoms with Crippen molar-refractivity contribution in [2.75, 3.05) is 43.4 Å². The van der Waals surface area contributed by atoms with E-state index in [1.54, 1.807) is 12.4 Å². The normalized spacial score (nSPS) is 15.8. The summed E-state index contributed by atoms with van der Waals surface area (Å²) in [6, 6.07) is 11.4. The first kappa shape index (κ1) is 21.3. The number of hydrogen-bond donors (Lipinski definition) is 3. The Labute approximate surface area is 202 Å². The number of amides is 2. The molecule has 1 saturated heterocycles. The number of fused-ring (bicyclic) bond motifs is 2. The van der Waals surface area contributed by atoms with Crippen molar-refractivity contribution < 1.29 is 9.59 Å². The van der Waals surface area contributed by atoms with E-state index in [1.165, 1.54) is 0 Å². The molecular formula is C26H25N7O2. The van der Waals surface area contributed by atoms with Gasteiger partial charge in [0.15, 0.2) is 0 Å². The maximum absolute atomic E-state index is 13.0. The highest BCUT2D eigenvalue weighted by atomic mass is 16.2. The van der Waals surface area contributed by atoms with Crippen molar-refractivity contribution in [1.29, 1.82) is 0 Å². The van der Waals surface area contributed by atoms with Gasteiger partial charge in [-0.15, -0.1) is 0 Å². The summed E-state index contributed by atoms with van der Waals surface area (Å²) in [5.41, 5.74) is 5.37. The first-order valence-corrected chi connectivity index (χ1v) is 11.6. The van der Waals surface area contributed by atoms with Gasteiger partial charge in [0.1, 0.15) is 11.5 Å². The molecule has 9 heteroatoms. The molecule has 0 saturated carbocycles. The molecule has 176 valence electrons. The second-order valence-electron chi connectivity index (χ2n) is 9.03. The van der Waals surface area contributed by atoms with E-state index in [0.717, 1.165) is 54.1 Å². The molecule has 3 aromatic heterocycles. The van der Waals surface area contributed by atoms with E-state index in [2.05, 4.69) is 42.4 Å². The SMILES string of the molecule is CN1CCN(c2ccc(NC(=O)c3cnc4[nH]cc(-c5ccc6c(c5)CNC6=O)c4c3)cn2)CC1. The van der Waals surface area contributed by atoms with Gasteiger partial charge < -0.3 is 25.4 Å². The molecule has 0 bridgehead atoms. The van der Waals surface area contributed by atoms with Crippen LogP contribution in [0.15, 0.2) is 55.0 Å². The molecule has 0 spiro atoms. The average molecular weight is 468 g/mol. The van der Waals surface area contributed by atoms with Crippen LogP contribution in [-0.4, -0.2) is 64.9 Å². The van der Waals surface area contributed by atoms with Crippen molar-refractivity contribution >= 4 is 34.4 Å². The number of carbonyl (C=O) groups excluding carboxylic acids is 2. The predicted molar refractivity (Wildman–Crippen MR) is 135 cm³/mol. The first-order valence-electron chi connectivity index (χ1n) is 11.6. The molecule has 0 unspecified atom stereocenters. The lowest BCUT2D eigenvalue weighted by Gasteiger charge is -2.33. The number of hydrogen-bond acceptors (Lipinski definition) is 6. The van der Waals surface area contributed by atoms with Gasteiger partial charge in [-0.05, 0) is 48.5 Å². The third-order valence-electron chi connectivity index (χ3n) is 6.73. The molecule has 0 atom stereocenters. The number of nitrogens with one attached hydrogen (secondary N) is 3. The van der Waals surface area contributed by atoms with Gasteiger partial charge in [-0.25, -0.2) is 9.97 Å². The Balaban J connectivity index is 1.22. The molecule has 2 aliphatic heterocycles. The zero-order valence-corrected chi connectivity index (χ0v) is 19.3. The van der Waals surface area contributed by atoms with Crippen molar-refractivity contribution in [2.45, 2.75) is 6.54 Å². The summed E-state index contributed by atoms with van der Waals surface area (Å²) >= 11 is 0. The quantitative estimate of drug-likeness (QED) is 0.426. The molecule has 3 N–H and O–H groups in total. The molecule has 35 heavy (non-hydrogen) atoms. The van der Waals surface area contributed by atoms with Gasteiger partial charge >= 0.3 is 0 Å². The summed E-state index contributed by atoms with van der Waals surface area (Å²) in [6.07, 6.45) is 5.14. The van der Waals surface area contributed by atoms with Gasteiger partial charge in [-0.1, -0.05) is 6.07 Å².